The second-order valence-electron chi connectivity index (χ2n) is 4.91. The first kappa shape index (κ1) is 16.6. The van der Waals surface area contributed by atoms with Crippen molar-refractivity contribution in [3.8, 4) is 5.75 Å². The van der Waals surface area contributed by atoms with Crippen molar-refractivity contribution in [2.24, 2.45) is 0 Å². The average molecular weight is 314 g/mol. The third kappa shape index (κ3) is 4.35. The molecule has 0 amide bonds. The van der Waals surface area contributed by atoms with E-state index in [0.717, 1.165) is 0 Å². The molecule has 0 saturated heterocycles. The number of hydrogen-bond acceptors (Lipinski definition) is 6. The number of aryl methyl sites for hydroxylation is 1. The molecule has 1 aromatic carbocycles. The molecular formula is C17H18N2O4. The summed E-state index contributed by atoms with van der Waals surface area (Å²) in [6.07, 6.45) is 1.88. The van der Waals surface area contributed by atoms with Gasteiger partial charge in [-0.1, -0.05) is 0 Å². The Bertz CT molecular complexity index is 681. The molecule has 23 heavy (non-hydrogen) atoms. The van der Waals surface area contributed by atoms with Gasteiger partial charge in [-0.15, -0.1) is 0 Å². The van der Waals surface area contributed by atoms with Crippen molar-refractivity contribution in [1.82, 2.24) is 9.97 Å². The standard InChI is InChI=1S/C17H18N2O4/c1-4-22-14-7-5-13(6-8-14)16(20)12(3)23-17(21)15-10-18-11(2)9-19-15/h5-10,12H,4H2,1-3H3/t12-/m1/s1. The number of benzene rings is 1. The van der Waals surface area contributed by atoms with Gasteiger partial charge in [0.2, 0.25) is 5.78 Å². The van der Waals surface area contributed by atoms with Gasteiger partial charge in [0.05, 0.1) is 18.5 Å². The molecule has 0 saturated carbocycles. The molecule has 0 aliphatic rings. The van der Waals surface area contributed by atoms with Crippen LogP contribution in [0.2, 0.25) is 0 Å². The molecule has 0 unspecified atom stereocenters. The third-order valence-electron chi connectivity index (χ3n) is 3.09. The topological polar surface area (TPSA) is 78.4 Å². The lowest BCUT2D eigenvalue weighted by molar-refractivity contribution is 0.0312. The van der Waals surface area contributed by atoms with Gasteiger partial charge in [0.15, 0.2) is 11.8 Å². The van der Waals surface area contributed by atoms with Crippen LogP contribution in [0.15, 0.2) is 36.7 Å². The quantitative estimate of drug-likeness (QED) is 0.602. The summed E-state index contributed by atoms with van der Waals surface area (Å²) in [5, 5.41) is 0. The van der Waals surface area contributed by atoms with Gasteiger partial charge in [0, 0.05) is 11.8 Å². The first-order chi connectivity index (χ1) is 11.0. The molecule has 6 nitrogen and oxygen atoms in total. The van der Waals surface area contributed by atoms with E-state index in [-0.39, 0.29) is 11.5 Å². The van der Waals surface area contributed by atoms with Gasteiger partial charge in [-0.2, -0.15) is 0 Å². The summed E-state index contributed by atoms with van der Waals surface area (Å²) in [6.45, 7) is 5.73. The lowest BCUT2D eigenvalue weighted by atomic mass is 10.1. The molecule has 1 heterocycles. The first-order valence-corrected chi connectivity index (χ1v) is 7.28. The Morgan fingerprint density at radius 2 is 1.83 bits per heavy atom. The minimum Gasteiger partial charge on any atom is -0.494 e. The number of carbonyl (C=O) groups excluding carboxylic acids is 2. The summed E-state index contributed by atoms with van der Waals surface area (Å²) in [5.41, 5.74) is 1.21. The van der Waals surface area contributed by atoms with E-state index < -0.39 is 12.1 Å². The maximum atomic E-state index is 12.3. The largest absolute Gasteiger partial charge is 0.494 e. The molecule has 1 atom stereocenters. The fourth-order valence-corrected chi connectivity index (χ4v) is 1.89. The number of hydrogen-bond donors (Lipinski definition) is 0. The smallest absolute Gasteiger partial charge is 0.359 e. The van der Waals surface area contributed by atoms with Crippen molar-refractivity contribution in [2.45, 2.75) is 26.9 Å². The number of nitrogens with zero attached hydrogens (tertiary/aromatic N) is 2. The highest BCUT2D eigenvalue weighted by Crippen LogP contribution is 2.15. The molecule has 0 bridgehead atoms. The Labute approximate surface area is 134 Å². The maximum Gasteiger partial charge on any atom is 0.359 e. The van der Waals surface area contributed by atoms with Gasteiger partial charge in [0.25, 0.3) is 0 Å². The summed E-state index contributed by atoms with van der Waals surface area (Å²) in [6, 6.07) is 6.69. The van der Waals surface area contributed by atoms with Crippen LogP contribution in [0.3, 0.4) is 0 Å². The third-order valence-corrected chi connectivity index (χ3v) is 3.09. The Hall–Kier alpha value is -2.76. The fraction of sp³-hybridized carbons (Fsp3) is 0.294. The van der Waals surface area contributed by atoms with E-state index in [1.807, 2.05) is 6.92 Å². The first-order valence-electron chi connectivity index (χ1n) is 7.28. The monoisotopic (exact) mass is 314 g/mol. The van der Waals surface area contributed by atoms with Crippen LogP contribution in [0.5, 0.6) is 5.75 Å². The van der Waals surface area contributed by atoms with Crippen molar-refractivity contribution >= 4 is 11.8 Å². The van der Waals surface area contributed by atoms with Crippen LogP contribution < -0.4 is 4.74 Å². The zero-order valence-corrected chi connectivity index (χ0v) is 13.3. The zero-order valence-electron chi connectivity index (χ0n) is 13.3. The van der Waals surface area contributed by atoms with Crippen LogP contribution in [-0.2, 0) is 4.74 Å². The molecule has 0 radical (unpaired) electrons. The lowest BCUT2D eigenvalue weighted by Crippen LogP contribution is -2.25. The van der Waals surface area contributed by atoms with Gasteiger partial charge in [0.1, 0.15) is 5.75 Å². The Kier molecular flexibility index (Phi) is 5.41. The minimum absolute atomic E-state index is 0.0712. The Balaban J connectivity index is 2.01. The van der Waals surface area contributed by atoms with E-state index in [0.29, 0.717) is 23.6 Å². The highest BCUT2D eigenvalue weighted by atomic mass is 16.5. The summed E-state index contributed by atoms with van der Waals surface area (Å²) in [7, 11) is 0. The Morgan fingerprint density at radius 1 is 1.13 bits per heavy atom. The van der Waals surface area contributed by atoms with Crippen molar-refractivity contribution in [1.29, 1.82) is 0 Å². The lowest BCUT2D eigenvalue weighted by Gasteiger charge is -2.12. The molecular weight excluding hydrogens is 296 g/mol. The van der Waals surface area contributed by atoms with Crippen LogP contribution in [0, 0.1) is 6.92 Å². The summed E-state index contributed by atoms with van der Waals surface area (Å²) >= 11 is 0. The van der Waals surface area contributed by atoms with E-state index in [2.05, 4.69) is 9.97 Å². The van der Waals surface area contributed by atoms with E-state index in [1.165, 1.54) is 19.3 Å². The van der Waals surface area contributed by atoms with Crippen molar-refractivity contribution < 1.29 is 19.1 Å². The second kappa shape index (κ2) is 7.49. The normalized spacial score (nSPS) is 11.6. The average Bonchev–Trinajstić information content (AvgIpc) is 2.55. The summed E-state index contributed by atoms with van der Waals surface area (Å²) in [4.78, 5) is 32.1. The molecule has 120 valence electrons. The Morgan fingerprint density at radius 3 is 2.39 bits per heavy atom. The zero-order chi connectivity index (χ0) is 16.8. The second-order valence-corrected chi connectivity index (χ2v) is 4.91. The maximum absolute atomic E-state index is 12.3. The molecule has 0 aliphatic carbocycles. The molecule has 1 aromatic heterocycles. The molecule has 2 aromatic rings. The highest BCUT2D eigenvalue weighted by molar-refractivity contribution is 6.01. The van der Waals surface area contributed by atoms with Crippen LogP contribution >= 0.6 is 0 Å². The molecule has 0 aliphatic heterocycles. The van der Waals surface area contributed by atoms with Crippen LogP contribution in [0.1, 0.15) is 40.4 Å². The number of esters is 1. The molecule has 0 N–H and O–H groups in total. The molecule has 6 heteroatoms. The van der Waals surface area contributed by atoms with Gasteiger partial charge < -0.3 is 9.47 Å². The van der Waals surface area contributed by atoms with Crippen LogP contribution in [0.4, 0.5) is 0 Å². The summed E-state index contributed by atoms with van der Waals surface area (Å²) in [5.74, 6) is -0.283. The molecule has 2 rings (SSSR count). The highest BCUT2D eigenvalue weighted by Gasteiger charge is 2.21. The predicted octanol–water partition coefficient (Wildman–Crippen LogP) is 2.61. The van der Waals surface area contributed by atoms with Gasteiger partial charge in [-0.05, 0) is 45.0 Å². The predicted molar refractivity (Wildman–Crippen MR) is 83.6 cm³/mol. The van der Waals surface area contributed by atoms with E-state index in [4.69, 9.17) is 9.47 Å². The van der Waals surface area contributed by atoms with Crippen LogP contribution in [0.25, 0.3) is 0 Å². The number of ether oxygens (including phenoxy) is 2. The number of carbonyl (C=O) groups is 2. The van der Waals surface area contributed by atoms with E-state index >= 15 is 0 Å². The minimum atomic E-state index is -0.913. The van der Waals surface area contributed by atoms with Crippen LogP contribution in [-0.4, -0.2) is 34.4 Å². The number of aromatic nitrogens is 2. The van der Waals surface area contributed by atoms with Crippen molar-refractivity contribution in [2.75, 3.05) is 6.61 Å². The molecule has 0 fully saturated rings. The van der Waals surface area contributed by atoms with Gasteiger partial charge >= 0.3 is 5.97 Å². The SMILES string of the molecule is CCOc1ccc(C(=O)[C@@H](C)OC(=O)c2cnc(C)cn2)cc1. The molecule has 0 spiro atoms. The number of rotatable bonds is 6. The fourth-order valence-electron chi connectivity index (χ4n) is 1.89. The van der Waals surface area contributed by atoms with Crippen molar-refractivity contribution in [3.05, 3.63) is 53.6 Å². The van der Waals surface area contributed by atoms with E-state index in [9.17, 15) is 9.59 Å². The summed E-state index contributed by atoms with van der Waals surface area (Å²) < 4.78 is 10.5. The van der Waals surface area contributed by atoms with Gasteiger partial charge in [-0.25, -0.2) is 9.78 Å². The number of ketones is 1. The van der Waals surface area contributed by atoms with Crippen molar-refractivity contribution in [3.63, 3.8) is 0 Å². The van der Waals surface area contributed by atoms with Gasteiger partial charge in [-0.3, -0.25) is 9.78 Å². The number of Topliss-reactive ketones (excluding diaryl/α,β-unsaturated/α-hetero) is 1. The van der Waals surface area contributed by atoms with E-state index in [1.54, 1.807) is 31.2 Å².